The van der Waals surface area contributed by atoms with Crippen molar-refractivity contribution in [2.75, 3.05) is 31.1 Å². The van der Waals surface area contributed by atoms with Crippen LogP contribution in [0.5, 0.6) is 0 Å². The van der Waals surface area contributed by atoms with E-state index in [-0.39, 0.29) is 10.7 Å². The van der Waals surface area contributed by atoms with Gasteiger partial charge in [-0.05, 0) is 39.0 Å². The Kier molecular flexibility index (Phi) is 5.49. The molecule has 0 N–H and O–H groups in total. The Labute approximate surface area is 165 Å². The van der Waals surface area contributed by atoms with Crippen molar-refractivity contribution >= 4 is 21.5 Å². The van der Waals surface area contributed by atoms with Gasteiger partial charge in [0.25, 0.3) is 0 Å². The zero-order chi connectivity index (χ0) is 20.5. The Balaban J connectivity index is 1.78. The molecule has 2 heterocycles. The zero-order valence-corrected chi connectivity index (χ0v) is 17.0. The number of aryl methyl sites for hydroxylation is 2. The zero-order valence-electron chi connectivity index (χ0n) is 16.1. The molecule has 28 heavy (non-hydrogen) atoms. The van der Waals surface area contributed by atoms with Gasteiger partial charge in [-0.3, -0.25) is 9.78 Å². The molecule has 1 aliphatic heterocycles. The van der Waals surface area contributed by atoms with Gasteiger partial charge in [0.15, 0.2) is 5.78 Å². The largest absolute Gasteiger partial charge is 0.368 e. The lowest BCUT2D eigenvalue weighted by Crippen LogP contribution is -2.49. The molecule has 0 spiro atoms. The lowest BCUT2D eigenvalue weighted by molar-refractivity contribution is 0.101. The maximum absolute atomic E-state index is 12.9. The number of carbonyl (C=O) groups excluding carboxylic acids is 1. The van der Waals surface area contributed by atoms with Crippen LogP contribution >= 0.6 is 0 Å². The first-order valence-corrected chi connectivity index (χ1v) is 10.4. The number of aromatic nitrogens is 1. The van der Waals surface area contributed by atoms with Crippen LogP contribution < -0.4 is 4.90 Å². The highest BCUT2D eigenvalue weighted by atomic mass is 32.2. The van der Waals surface area contributed by atoms with Crippen LogP contribution in [0.15, 0.2) is 35.2 Å². The van der Waals surface area contributed by atoms with Crippen molar-refractivity contribution < 1.29 is 13.2 Å². The predicted octanol–water partition coefficient (Wildman–Crippen LogP) is 2.28. The van der Waals surface area contributed by atoms with E-state index in [1.807, 2.05) is 17.9 Å². The summed E-state index contributed by atoms with van der Waals surface area (Å²) in [5.41, 5.74) is 3.32. The summed E-state index contributed by atoms with van der Waals surface area (Å²) >= 11 is 0. The second-order valence-electron chi connectivity index (χ2n) is 6.83. The van der Waals surface area contributed by atoms with Gasteiger partial charge in [-0.25, -0.2) is 8.42 Å². The average molecular weight is 398 g/mol. The summed E-state index contributed by atoms with van der Waals surface area (Å²) in [4.78, 5) is 17.9. The van der Waals surface area contributed by atoms with Crippen molar-refractivity contribution in [3.63, 3.8) is 0 Å². The molecule has 1 saturated heterocycles. The van der Waals surface area contributed by atoms with E-state index in [1.165, 1.54) is 35.5 Å². The standard InChI is InChI=1S/C20H22N4O3S/c1-14-12-20(19(13-21)15(2)22-14)23-8-10-24(11-9-23)28(26,27)18-6-4-17(5-7-18)16(3)25/h4-7,12H,8-11H2,1-3H3. The average Bonchev–Trinajstić information content (AvgIpc) is 2.67. The number of anilines is 1. The molecule has 3 rings (SSSR count). The van der Waals surface area contributed by atoms with Gasteiger partial charge in [0, 0.05) is 37.4 Å². The number of hydrogen-bond donors (Lipinski definition) is 0. The van der Waals surface area contributed by atoms with Crippen molar-refractivity contribution in [1.82, 2.24) is 9.29 Å². The van der Waals surface area contributed by atoms with Crippen LogP contribution in [-0.4, -0.2) is 49.7 Å². The molecule has 2 aromatic rings. The summed E-state index contributed by atoms with van der Waals surface area (Å²) in [6, 6.07) is 10.1. The van der Waals surface area contributed by atoms with Gasteiger partial charge in [-0.15, -0.1) is 0 Å². The number of sulfonamides is 1. The van der Waals surface area contributed by atoms with Gasteiger partial charge in [0.2, 0.25) is 10.0 Å². The quantitative estimate of drug-likeness (QED) is 0.734. The van der Waals surface area contributed by atoms with E-state index in [0.717, 1.165) is 11.4 Å². The Bertz CT molecular complexity index is 1050. The molecule has 1 aromatic carbocycles. The third-order valence-electron chi connectivity index (χ3n) is 4.90. The van der Waals surface area contributed by atoms with Gasteiger partial charge in [-0.2, -0.15) is 9.57 Å². The third kappa shape index (κ3) is 3.77. The number of Topliss-reactive ketones (excluding diaryl/α,β-unsaturated/α-hetero) is 1. The Morgan fingerprint density at radius 1 is 1.11 bits per heavy atom. The molecule has 0 bridgehead atoms. The molecule has 0 aliphatic carbocycles. The van der Waals surface area contributed by atoms with E-state index in [4.69, 9.17) is 0 Å². The summed E-state index contributed by atoms with van der Waals surface area (Å²) in [5.74, 6) is -0.103. The molecule has 8 heteroatoms. The van der Waals surface area contributed by atoms with Gasteiger partial charge < -0.3 is 4.90 Å². The van der Waals surface area contributed by atoms with Crippen LogP contribution in [0.4, 0.5) is 5.69 Å². The number of carbonyl (C=O) groups is 1. The number of hydrogen-bond acceptors (Lipinski definition) is 6. The smallest absolute Gasteiger partial charge is 0.243 e. The molecule has 7 nitrogen and oxygen atoms in total. The summed E-state index contributed by atoms with van der Waals surface area (Å²) in [6.45, 7) is 6.75. The lowest BCUT2D eigenvalue weighted by Gasteiger charge is -2.36. The molecule has 1 fully saturated rings. The molecule has 0 atom stereocenters. The van der Waals surface area contributed by atoms with Gasteiger partial charge in [-0.1, -0.05) is 12.1 Å². The molecule has 146 valence electrons. The number of nitrogens with zero attached hydrogens (tertiary/aromatic N) is 4. The Morgan fingerprint density at radius 2 is 1.71 bits per heavy atom. The van der Waals surface area contributed by atoms with Crippen LogP contribution in [-0.2, 0) is 10.0 Å². The highest BCUT2D eigenvalue weighted by molar-refractivity contribution is 7.89. The van der Waals surface area contributed by atoms with E-state index in [9.17, 15) is 18.5 Å². The van der Waals surface area contributed by atoms with E-state index >= 15 is 0 Å². The Morgan fingerprint density at radius 3 is 2.25 bits per heavy atom. The Hall–Kier alpha value is -2.76. The van der Waals surface area contributed by atoms with Gasteiger partial charge >= 0.3 is 0 Å². The molecular formula is C20H22N4O3S. The first-order chi connectivity index (χ1) is 13.2. The van der Waals surface area contributed by atoms with Gasteiger partial charge in [0.05, 0.1) is 21.8 Å². The highest BCUT2D eigenvalue weighted by Crippen LogP contribution is 2.26. The summed E-state index contributed by atoms with van der Waals surface area (Å²) in [6.07, 6.45) is 0. The van der Waals surface area contributed by atoms with Crippen molar-refractivity contribution in [3.8, 4) is 6.07 Å². The number of benzene rings is 1. The molecule has 0 amide bonds. The number of pyridine rings is 1. The van der Waals surface area contributed by atoms with Crippen LogP contribution in [0.2, 0.25) is 0 Å². The van der Waals surface area contributed by atoms with E-state index in [1.54, 1.807) is 6.92 Å². The minimum absolute atomic E-state index is 0.103. The minimum Gasteiger partial charge on any atom is -0.368 e. The topological polar surface area (TPSA) is 94.4 Å². The monoisotopic (exact) mass is 398 g/mol. The van der Waals surface area contributed by atoms with Gasteiger partial charge in [0.1, 0.15) is 6.07 Å². The SMILES string of the molecule is CC(=O)c1ccc(S(=O)(=O)N2CCN(c3cc(C)nc(C)c3C#N)CC2)cc1. The fourth-order valence-electron chi connectivity index (χ4n) is 3.38. The molecule has 1 aromatic heterocycles. The number of rotatable bonds is 4. The first-order valence-electron chi connectivity index (χ1n) is 8.98. The molecule has 0 radical (unpaired) electrons. The second kappa shape index (κ2) is 7.70. The number of nitriles is 1. The fraction of sp³-hybridized carbons (Fsp3) is 0.350. The predicted molar refractivity (Wildman–Crippen MR) is 106 cm³/mol. The minimum atomic E-state index is -3.62. The lowest BCUT2D eigenvalue weighted by atomic mass is 10.1. The van der Waals surface area contributed by atoms with Crippen LogP contribution in [0.25, 0.3) is 0 Å². The van der Waals surface area contributed by atoms with E-state index < -0.39 is 10.0 Å². The summed E-state index contributed by atoms with van der Waals surface area (Å²) in [7, 11) is -3.62. The second-order valence-corrected chi connectivity index (χ2v) is 8.76. The maximum Gasteiger partial charge on any atom is 0.243 e. The van der Waals surface area contributed by atoms with Crippen LogP contribution in [0.1, 0.15) is 34.2 Å². The fourth-order valence-corrected chi connectivity index (χ4v) is 4.80. The summed E-state index contributed by atoms with van der Waals surface area (Å²) < 4.78 is 27.2. The van der Waals surface area contributed by atoms with Crippen molar-refractivity contribution in [3.05, 3.63) is 52.8 Å². The van der Waals surface area contributed by atoms with Crippen LogP contribution in [0.3, 0.4) is 0 Å². The third-order valence-corrected chi connectivity index (χ3v) is 6.81. The van der Waals surface area contributed by atoms with Crippen molar-refractivity contribution in [2.45, 2.75) is 25.7 Å². The maximum atomic E-state index is 12.9. The number of piperazine rings is 1. The van der Waals surface area contributed by atoms with E-state index in [2.05, 4.69) is 11.1 Å². The molecular weight excluding hydrogens is 376 g/mol. The van der Waals surface area contributed by atoms with Crippen molar-refractivity contribution in [1.29, 1.82) is 5.26 Å². The van der Waals surface area contributed by atoms with E-state index in [0.29, 0.717) is 43.0 Å². The molecule has 0 saturated carbocycles. The summed E-state index contributed by atoms with van der Waals surface area (Å²) in [5, 5.41) is 9.47. The first kappa shape index (κ1) is 20.0. The van der Waals surface area contributed by atoms with Crippen LogP contribution in [0, 0.1) is 25.2 Å². The molecule has 1 aliphatic rings. The number of ketones is 1. The normalized spacial score (nSPS) is 15.3. The van der Waals surface area contributed by atoms with Crippen molar-refractivity contribution in [2.24, 2.45) is 0 Å². The highest BCUT2D eigenvalue weighted by Gasteiger charge is 2.29. The molecule has 0 unspecified atom stereocenters.